The maximum absolute atomic E-state index is 14.4. The fraction of sp³-hybridized carbons (Fsp3) is 0.325. The van der Waals surface area contributed by atoms with Crippen molar-refractivity contribution >= 4 is 51.3 Å². The lowest BCUT2D eigenvalue weighted by molar-refractivity contribution is -0.134. The number of carbonyl (C=O) groups is 5. The van der Waals surface area contributed by atoms with Crippen molar-refractivity contribution < 1.29 is 24.0 Å². The molecule has 14 heteroatoms. The molecule has 0 spiro atoms. The number of hydrogen-bond acceptors (Lipinski definition) is 7. The molecule has 0 aliphatic carbocycles. The standard InChI is InChI=1S/C40H49N9O5/c41-18-9-8-16-32(37(43)51)47-38(52)33(20-25-10-2-1-3-11-25)48-40(54)35(22-27-24-45-31-15-7-5-13-29(27)31)49-39(53)34(46-36(50)17-19-42)21-26-23-44-30-14-6-4-12-28(26)30/h1-7,10-15,23-24,32-35,44-45H,8-9,16-22,41-42H2,(H2,43,51)(H,46,50)(H,47,52)(H,48,54)(H,49,53)/t32-,33-,34+,35+/m0/s1. The molecule has 5 rings (SSSR count). The third kappa shape index (κ3) is 10.5. The predicted molar refractivity (Wildman–Crippen MR) is 208 cm³/mol. The summed E-state index contributed by atoms with van der Waals surface area (Å²) in [5, 5.41) is 13.0. The highest BCUT2D eigenvalue weighted by molar-refractivity contribution is 5.96. The number of H-pyrrole nitrogens is 2. The SMILES string of the molecule is NCCCC[C@H](NC(=O)[C@H](Cc1ccccc1)NC(=O)[C@@H](Cc1c[nH]c2ccccc12)NC(=O)[C@@H](Cc1c[nH]c2ccccc12)NC(=O)CCN)C(N)=O. The third-order valence-electron chi connectivity index (χ3n) is 9.38. The minimum atomic E-state index is -1.18. The van der Waals surface area contributed by atoms with Crippen molar-refractivity contribution in [2.45, 2.75) is 69.1 Å². The van der Waals surface area contributed by atoms with Crippen LogP contribution in [0.4, 0.5) is 0 Å². The maximum Gasteiger partial charge on any atom is 0.243 e. The summed E-state index contributed by atoms with van der Waals surface area (Å²) in [5.41, 5.74) is 20.9. The van der Waals surface area contributed by atoms with Gasteiger partial charge in [0, 0.05) is 66.4 Å². The van der Waals surface area contributed by atoms with Crippen molar-refractivity contribution in [3.05, 3.63) is 108 Å². The molecule has 54 heavy (non-hydrogen) atoms. The second kappa shape index (κ2) is 19.2. The molecule has 2 heterocycles. The largest absolute Gasteiger partial charge is 0.368 e. The molecule has 12 N–H and O–H groups in total. The van der Waals surface area contributed by atoms with E-state index in [0.717, 1.165) is 38.5 Å². The first-order valence-electron chi connectivity index (χ1n) is 18.2. The summed E-state index contributed by atoms with van der Waals surface area (Å²) in [4.78, 5) is 74.0. The maximum atomic E-state index is 14.4. The zero-order chi connectivity index (χ0) is 38.5. The van der Waals surface area contributed by atoms with Gasteiger partial charge in [-0.05, 0) is 54.6 Å². The van der Waals surface area contributed by atoms with Crippen LogP contribution in [0.15, 0.2) is 91.3 Å². The van der Waals surface area contributed by atoms with Crippen LogP contribution in [0, 0.1) is 0 Å². The molecule has 5 amide bonds. The van der Waals surface area contributed by atoms with Crippen molar-refractivity contribution in [1.29, 1.82) is 0 Å². The van der Waals surface area contributed by atoms with Gasteiger partial charge in [0.05, 0.1) is 0 Å². The van der Waals surface area contributed by atoms with Crippen LogP contribution in [-0.2, 0) is 43.2 Å². The Balaban J connectivity index is 1.44. The van der Waals surface area contributed by atoms with Gasteiger partial charge in [-0.3, -0.25) is 24.0 Å². The minimum Gasteiger partial charge on any atom is -0.368 e. The van der Waals surface area contributed by atoms with E-state index in [0.29, 0.717) is 19.4 Å². The molecule has 0 fully saturated rings. The number of benzene rings is 3. The van der Waals surface area contributed by atoms with E-state index in [1.54, 1.807) is 12.4 Å². The summed E-state index contributed by atoms with van der Waals surface area (Å²) in [6.07, 6.45) is 5.36. The van der Waals surface area contributed by atoms with Crippen LogP contribution in [0.25, 0.3) is 21.8 Å². The highest BCUT2D eigenvalue weighted by Gasteiger charge is 2.32. The summed E-state index contributed by atoms with van der Waals surface area (Å²) in [5.74, 6) is -2.95. The number of unbranched alkanes of at least 4 members (excludes halogenated alkanes) is 1. The van der Waals surface area contributed by atoms with Crippen molar-refractivity contribution in [2.75, 3.05) is 13.1 Å². The summed E-state index contributed by atoms with van der Waals surface area (Å²) in [6, 6.07) is 20.0. The van der Waals surface area contributed by atoms with Gasteiger partial charge in [-0.25, -0.2) is 0 Å². The zero-order valence-corrected chi connectivity index (χ0v) is 30.1. The van der Waals surface area contributed by atoms with Crippen molar-refractivity contribution in [1.82, 2.24) is 31.2 Å². The number of para-hydroxylation sites is 2. The fourth-order valence-corrected chi connectivity index (χ4v) is 6.51. The van der Waals surface area contributed by atoms with Crippen molar-refractivity contribution in [3.8, 4) is 0 Å². The number of amides is 5. The quantitative estimate of drug-likeness (QED) is 0.0534. The first-order chi connectivity index (χ1) is 26.2. The van der Waals surface area contributed by atoms with Gasteiger partial charge in [0.15, 0.2) is 0 Å². The smallest absolute Gasteiger partial charge is 0.243 e. The lowest BCUT2D eigenvalue weighted by atomic mass is 10.00. The number of nitrogens with two attached hydrogens (primary N) is 3. The number of primary amides is 1. The molecule has 284 valence electrons. The van der Waals surface area contributed by atoms with Crippen molar-refractivity contribution in [2.24, 2.45) is 17.2 Å². The summed E-state index contributed by atoms with van der Waals surface area (Å²) in [6.45, 7) is 0.516. The number of hydrogen-bond donors (Lipinski definition) is 9. The van der Waals surface area contributed by atoms with Gasteiger partial charge in [0.25, 0.3) is 0 Å². The van der Waals surface area contributed by atoms with E-state index >= 15 is 0 Å². The predicted octanol–water partition coefficient (Wildman–Crippen LogP) is 1.58. The van der Waals surface area contributed by atoms with E-state index in [1.165, 1.54) is 0 Å². The monoisotopic (exact) mass is 735 g/mol. The fourth-order valence-electron chi connectivity index (χ4n) is 6.51. The third-order valence-corrected chi connectivity index (χ3v) is 9.38. The number of aromatic amines is 2. The van der Waals surface area contributed by atoms with E-state index in [2.05, 4.69) is 31.2 Å². The molecule has 0 radical (unpaired) electrons. The molecular weight excluding hydrogens is 686 g/mol. The van der Waals surface area contributed by atoms with Crippen LogP contribution in [0.3, 0.4) is 0 Å². The summed E-state index contributed by atoms with van der Waals surface area (Å²) < 4.78 is 0. The van der Waals surface area contributed by atoms with Crippen LogP contribution in [-0.4, -0.2) is 76.8 Å². The number of carbonyl (C=O) groups excluding carboxylic acids is 5. The van der Waals surface area contributed by atoms with E-state index < -0.39 is 53.7 Å². The second-order valence-corrected chi connectivity index (χ2v) is 13.3. The average molecular weight is 736 g/mol. The molecule has 5 aromatic rings. The number of aromatic nitrogens is 2. The first kappa shape index (κ1) is 39.2. The Bertz CT molecular complexity index is 2040. The first-order valence-corrected chi connectivity index (χ1v) is 18.2. The van der Waals surface area contributed by atoms with Gasteiger partial charge in [0.2, 0.25) is 29.5 Å². The lowest BCUT2D eigenvalue weighted by Crippen LogP contribution is -2.59. The summed E-state index contributed by atoms with van der Waals surface area (Å²) >= 11 is 0. The Morgan fingerprint density at radius 3 is 1.56 bits per heavy atom. The van der Waals surface area contributed by atoms with Crippen LogP contribution in [0.1, 0.15) is 42.4 Å². The van der Waals surface area contributed by atoms with Crippen LogP contribution in [0.2, 0.25) is 0 Å². The van der Waals surface area contributed by atoms with Crippen LogP contribution in [0.5, 0.6) is 0 Å². The van der Waals surface area contributed by atoms with Gasteiger partial charge >= 0.3 is 0 Å². The Hall–Kier alpha value is -5.99. The van der Waals surface area contributed by atoms with E-state index in [9.17, 15) is 24.0 Å². The molecule has 0 aliphatic heterocycles. The molecule has 0 saturated heterocycles. The van der Waals surface area contributed by atoms with Gasteiger partial charge in [-0.1, -0.05) is 66.7 Å². The molecule has 0 aliphatic rings. The number of rotatable bonds is 20. The van der Waals surface area contributed by atoms with E-state index in [4.69, 9.17) is 17.2 Å². The molecule has 0 saturated carbocycles. The number of nitrogens with one attached hydrogen (secondary N) is 6. The highest BCUT2D eigenvalue weighted by Crippen LogP contribution is 2.21. The zero-order valence-electron chi connectivity index (χ0n) is 30.1. The molecule has 4 atom stereocenters. The van der Waals surface area contributed by atoms with Gasteiger partial charge in [-0.15, -0.1) is 0 Å². The summed E-state index contributed by atoms with van der Waals surface area (Å²) in [7, 11) is 0. The van der Waals surface area contributed by atoms with Gasteiger partial charge < -0.3 is 48.4 Å². The molecular formula is C40H49N9O5. The normalized spacial score (nSPS) is 13.4. The van der Waals surface area contributed by atoms with Crippen LogP contribution >= 0.6 is 0 Å². The average Bonchev–Trinajstić information content (AvgIpc) is 3.77. The molecule has 2 aromatic heterocycles. The molecule has 14 nitrogen and oxygen atoms in total. The molecule has 0 bridgehead atoms. The van der Waals surface area contributed by atoms with Gasteiger partial charge in [-0.2, -0.15) is 0 Å². The Morgan fingerprint density at radius 1 is 0.556 bits per heavy atom. The van der Waals surface area contributed by atoms with Crippen molar-refractivity contribution in [3.63, 3.8) is 0 Å². The molecule has 0 unspecified atom stereocenters. The highest BCUT2D eigenvalue weighted by atomic mass is 16.2. The second-order valence-electron chi connectivity index (χ2n) is 13.3. The topological polar surface area (TPSA) is 243 Å². The Kier molecular flexibility index (Phi) is 13.9. The van der Waals surface area contributed by atoms with E-state index in [-0.39, 0.29) is 38.6 Å². The lowest BCUT2D eigenvalue weighted by Gasteiger charge is -2.26. The Morgan fingerprint density at radius 2 is 1.04 bits per heavy atom. The molecule has 3 aromatic carbocycles. The Labute approximate surface area is 313 Å². The van der Waals surface area contributed by atoms with E-state index in [1.807, 2.05) is 78.9 Å². The number of fused-ring (bicyclic) bond motifs is 2. The van der Waals surface area contributed by atoms with Crippen LogP contribution < -0.4 is 38.5 Å². The van der Waals surface area contributed by atoms with Gasteiger partial charge in [0.1, 0.15) is 24.2 Å². The minimum absolute atomic E-state index is 0.00567.